The Labute approximate surface area is 184 Å². The monoisotopic (exact) mass is 442 g/mol. The molecule has 0 unspecified atom stereocenters. The number of ether oxygens (including phenoxy) is 1. The number of benzene rings is 2. The van der Waals surface area contributed by atoms with Crippen LogP contribution in [0.4, 0.5) is 11.4 Å². The minimum atomic E-state index is -0.522. The molecule has 0 saturated carbocycles. The number of aromatic nitrogens is 2. The number of non-ortho nitro benzene ring substituents is 1. The largest absolute Gasteiger partial charge is 0.457 e. The van der Waals surface area contributed by atoms with Gasteiger partial charge in [-0.2, -0.15) is 5.10 Å². The van der Waals surface area contributed by atoms with E-state index in [4.69, 9.17) is 16.3 Å². The number of hydrogen-bond acceptors (Lipinski definition) is 5. The van der Waals surface area contributed by atoms with Crippen molar-refractivity contribution in [1.29, 1.82) is 0 Å². The van der Waals surface area contributed by atoms with Crippen molar-refractivity contribution in [2.75, 3.05) is 5.32 Å². The van der Waals surface area contributed by atoms with Gasteiger partial charge >= 0.3 is 0 Å². The van der Waals surface area contributed by atoms with Gasteiger partial charge in [0.1, 0.15) is 11.5 Å². The van der Waals surface area contributed by atoms with Gasteiger partial charge in [-0.1, -0.05) is 17.7 Å². The lowest BCUT2D eigenvalue weighted by Gasteiger charge is -2.13. The van der Waals surface area contributed by atoms with E-state index in [1.54, 1.807) is 10.7 Å². The lowest BCUT2D eigenvalue weighted by atomic mass is 10.1. The zero-order valence-corrected chi connectivity index (χ0v) is 18.5. The van der Waals surface area contributed by atoms with Crippen molar-refractivity contribution in [2.45, 2.75) is 40.7 Å². The zero-order chi connectivity index (χ0) is 22.7. The summed E-state index contributed by atoms with van der Waals surface area (Å²) in [6.45, 7) is 8.00. The molecule has 9 heteroatoms. The van der Waals surface area contributed by atoms with Gasteiger partial charge in [0.25, 0.3) is 5.69 Å². The second kappa shape index (κ2) is 9.18. The molecule has 8 nitrogen and oxygen atoms in total. The second-order valence-corrected chi connectivity index (χ2v) is 7.79. The molecule has 0 aliphatic carbocycles. The standard InChI is InChI=1S/C22H23ClN4O4/c1-13-7-14(2)15(3)21(8-13)31-19-10-17(9-18(11-19)27(29)30)25-22(28)5-6-26-16(4)20(23)12-24-26/h7-12H,5-6H2,1-4H3,(H,25,28). The van der Waals surface area contributed by atoms with Gasteiger partial charge in [-0.25, -0.2) is 0 Å². The van der Waals surface area contributed by atoms with Crippen LogP contribution in [0, 0.1) is 37.8 Å². The summed E-state index contributed by atoms with van der Waals surface area (Å²) in [5.41, 5.74) is 3.89. The third-order valence-corrected chi connectivity index (χ3v) is 5.34. The van der Waals surface area contributed by atoms with Gasteiger partial charge in [0.2, 0.25) is 5.91 Å². The minimum Gasteiger partial charge on any atom is -0.457 e. The molecule has 0 spiro atoms. The fourth-order valence-electron chi connectivity index (χ4n) is 3.13. The van der Waals surface area contributed by atoms with Gasteiger partial charge in [0, 0.05) is 18.6 Å². The topological polar surface area (TPSA) is 99.3 Å². The molecule has 1 amide bonds. The van der Waals surface area contributed by atoms with E-state index in [1.165, 1.54) is 18.3 Å². The minimum absolute atomic E-state index is 0.133. The van der Waals surface area contributed by atoms with Crippen LogP contribution in [0.2, 0.25) is 5.02 Å². The number of nitro groups is 1. The highest BCUT2D eigenvalue weighted by Gasteiger charge is 2.15. The molecule has 0 radical (unpaired) electrons. The maximum absolute atomic E-state index is 12.4. The van der Waals surface area contributed by atoms with Gasteiger partial charge in [0.05, 0.1) is 40.1 Å². The molecule has 0 saturated heterocycles. The molecule has 3 aromatic rings. The van der Waals surface area contributed by atoms with Gasteiger partial charge in [-0.3, -0.25) is 19.6 Å². The number of amides is 1. The maximum atomic E-state index is 12.4. The van der Waals surface area contributed by atoms with Crippen LogP contribution in [0.25, 0.3) is 0 Å². The number of nitro benzene ring substituents is 1. The summed E-state index contributed by atoms with van der Waals surface area (Å²) < 4.78 is 7.58. The van der Waals surface area contributed by atoms with Crippen LogP contribution in [-0.2, 0) is 11.3 Å². The number of anilines is 1. The lowest BCUT2D eigenvalue weighted by Crippen LogP contribution is -2.15. The van der Waals surface area contributed by atoms with E-state index in [1.807, 2.05) is 39.8 Å². The zero-order valence-electron chi connectivity index (χ0n) is 17.7. The summed E-state index contributed by atoms with van der Waals surface area (Å²) in [5.74, 6) is 0.577. The Kier molecular flexibility index (Phi) is 6.60. The summed E-state index contributed by atoms with van der Waals surface area (Å²) in [5, 5.41) is 18.7. The fraction of sp³-hybridized carbons (Fsp3) is 0.273. The van der Waals surface area contributed by atoms with Crippen LogP contribution in [0.1, 0.15) is 28.8 Å². The predicted molar refractivity (Wildman–Crippen MR) is 119 cm³/mol. The van der Waals surface area contributed by atoms with Crippen molar-refractivity contribution >= 4 is 28.9 Å². The maximum Gasteiger partial charge on any atom is 0.275 e. The molecule has 1 aromatic heterocycles. The Morgan fingerprint density at radius 1 is 1.19 bits per heavy atom. The highest BCUT2D eigenvalue weighted by molar-refractivity contribution is 6.31. The van der Waals surface area contributed by atoms with Crippen molar-refractivity contribution in [1.82, 2.24) is 9.78 Å². The molecule has 3 rings (SSSR count). The smallest absolute Gasteiger partial charge is 0.275 e. The number of carbonyl (C=O) groups is 1. The number of rotatable bonds is 7. The van der Waals surface area contributed by atoms with E-state index in [2.05, 4.69) is 10.4 Å². The third kappa shape index (κ3) is 5.40. The van der Waals surface area contributed by atoms with Gasteiger partial charge in [-0.15, -0.1) is 0 Å². The van der Waals surface area contributed by atoms with Crippen LogP contribution in [0.15, 0.2) is 36.5 Å². The Morgan fingerprint density at radius 2 is 1.94 bits per heavy atom. The van der Waals surface area contributed by atoms with Crippen molar-refractivity contribution in [3.8, 4) is 11.5 Å². The summed E-state index contributed by atoms with van der Waals surface area (Å²) in [6.07, 6.45) is 1.65. The molecule has 0 atom stereocenters. The van der Waals surface area contributed by atoms with Crippen LogP contribution in [0.3, 0.4) is 0 Å². The number of aryl methyl sites for hydroxylation is 3. The Hall–Kier alpha value is -3.39. The van der Waals surface area contributed by atoms with Crippen LogP contribution >= 0.6 is 11.6 Å². The van der Waals surface area contributed by atoms with Gasteiger partial charge in [0.15, 0.2) is 0 Å². The van der Waals surface area contributed by atoms with Crippen molar-refractivity contribution in [3.63, 3.8) is 0 Å². The van der Waals surface area contributed by atoms with Crippen molar-refractivity contribution < 1.29 is 14.5 Å². The Morgan fingerprint density at radius 3 is 2.58 bits per heavy atom. The predicted octanol–water partition coefficient (Wildman–Crippen LogP) is 5.50. The molecule has 0 bridgehead atoms. The summed E-state index contributed by atoms with van der Waals surface area (Å²) in [4.78, 5) is 23.3. The van der Waals surface area contributed by atoms with Crippen LogP contribution in [0.5, 0.6) is 11.5 Å². The molecule has 0 aliphatic heterocycles. The lowest BCUT2D eigenvalue weighted by molar-refractivity contribution is -0.384. The van der Waals surface area contributed by atoms with E-state index in [9.17, 15) is 14.9 Å². The molecular formula is C22H23ClN4O4. The molecule has 1 heterocycles. The molecule has 31 heavy (non-hydrogen) atoms. The number of nitrogens with zero attached hydrogens (tertiary/aromatic N) is 3. The fourth-order valence-corrected chi connectivity index (χ4v) is 3.27. The van der Waals surface area contributed by atoms with Crippen LogP contribution in [-0.4, -0.2) is 20.6 Å². The van der Waals surface area contributed by atoms with Crippen molar-refractivity contribution in [2.24, 2.45) is 0 Å². The number of nitrogens with one attached hydrogen (secondary N) is 1. The molecule has 2 aromatic carbocycles. The number of carbonyl (C=O) groups excluding carboxylic acids is 1. The van der Waals surface area contributed by atoms with E-state index < -0.39 is 4.92 Å². The molecule has 0 fully saturated rings. The summed E-state index contributed by atoms with van der Waals surface area (Å²) in [7, 11) is 0. The van der Waals surface area contributed by atoms with E-state index >= 15 is 0 Å². The van der Waals surface area contributed by atoms with E-state index in [-0.39, 0.29) is 29.5 Å². The highest BCUT2D eigenvalue weighted by atomic mass is 35.5. The summed E-state index contributed by atoms with van der Waals surface area (Å²) >= 11 is 5.97. The normalized spacial score (nSPS) is 10.7. The van der Waals surface area contributed by atoms with Gasteiger partial charge < -0.3 is 10.1 Å². The first kappa shape index (κ1) is 22.3. The first-order valence-electron chi connectivity index (χ1n) is 9.67. The number of hydrogen-bond donors (Lipinski definition) is 1. The second-order valence-electron chi connectivity index (χ2n) is 7.38. The third-order valence-electron chi connectivity index (χ3n) is 4.97. The Bertz CT molecular complexity index is 1160. The van der Waals surface area contributed by atoms with Crippen LogP contribution < -0.4 is 10.1 Å². The Balaban J connectivity index is 1.79. The van der Waals surface area contributed by atoms with Gasteiger partial charge in [-0.05, 0) is 50.5 Å². The van der Waals surface area contributed by atoms with Crippen molar-refractivity contribution in [3.05, 3.63) is 74.0 Å². The number of halogens is 1. The molecule has 1 N–H and O–H groups in total. The quantitative estimate of drug-likeness (QED) is 0.384. The van der Waals surface area contributed by atoms with E-state index in [0.29, 0.717) is 17.3 Å². The van der Waals surface area contributed by atoms with E-state index in [0.717, 1.165) is 22.4 Å². The molecular weight excluding hydrogens is 420 g/mol. The molecule has 162 valence electrons. The SMILES string of the molecule is Cc1cc(C)c(C)c(Oc2cc(NC(=O)CCn3ncc(Cl)c3C)cc([N+](=O)[O-])c2)c1. The average molecular weight is 443 g/mol. The average Bonchev–Trinajstić information content (AvgIpc) is 3.02. The first-order valence-corrected chi connectivity index (χ1v) is 10.0. The first-order chi connectivity index (χ1) is 14.6. The molecule has 0 aliphatic rings. The summed E-state index contributed by atoms with van der Waals surface area (Å²) in [6, 6.07) is 8.11. The highest BCUT2D eigenvalue weighted by Crippen LogP contribution is 2.33.